The first-order chi connectivity index (χ1) is 13.6. The number of rotatable bonds is 4. The maximum atomic E-state index is 12.8. The molecule has 2 aromatic carbocycles. The Bertz CT molecular complexity index is 944. The van der Waals surface area contributed by atoms with Crippen LogP contribution in [0, 0.1) is 6.92 Å². The highest BCUT2D eigenvalue weighted by atomic mass is 35.5. The standard InChI is InChI=1S/C23H26N4O.ClH/c1-17-3-5-18(6-4-17)22-25-15-16-27(22)21-9-7-19(8-10-21)23(28)26(2)20-11-13-24-14-12-20;/h3-10,15-16,20,24H,11-14H2,1-2H3;1H. The Hall–Kier alpha value is -2.63. The third-order valence-corrected chi connectivity index (χ3v) is 5.52. The minimum Gasteiger partial charge on any atom is -0.339 e. The second-order valence-electron chi connectivity index (χ2n) is 7.43. The van der Waals surface area contributed by atoms with E-state index < -0.39 is 0 Å². The van der Waals surface area contributed by atoms with Gasteiger partial charge in [0.1, 0.15) is 5.82 Å². The van der Waals surface area contributed by atoms with Crippen LogP contribution in [0.2, 0.25) is 0 Å². The topological polar surface area (TPSA) is 50.2 Å². The van der Waals surface area contributed by atoms with E-state index in [2.05, 4.69) is 46.1 Å². The van der Waals surface area contributed by atoms with Crippen molar-refractivity contribution in [3.63, 3.8) is 0 Å². The molecule has 4 rings (SSSR count). The van der Waals surface area contributed by atoms with Crippen molar-refractivity contribution in [3.05, 3.63) is 72.1 Å². The van der Waals surface area contributed by atoms with E-state index in [9.17, 15) is 4.79 Å². The van der Waals surface area contributed by atoms with Gasteiger partial charge >= 0.3 is 0 Å². The fourth-order valence-corrected chi connectivity index (χ4v) is 3.76. The highest BCUT2D eigenvalue weighted by Crippen LogP contribution is 2.23. The van der Waals surface area contributed by atoms with Gasteiger partial charge in [0.2, 0.25) is 0 Å². The van der Waals surface area contributed by atoms with Crippen LogP contribution in [0.15, 0.2) is 60.9 Å². The molecule has 152 valence electrons. The molecule has 6 heteroatoms. The number of carbonyl (C=O) groups excluding carboxylic acids is 1. The third kappa shape index (κ3) is 4.52. The molecule has 0 aliphatic carbocycles. The van der Waals surface area contributed by atoms with Crippen LogP contribution in [-0.2, 0) is 0 Å². The molecule has 0 radical (unpaired) electrons. The second-order valence-corrected chi connectivity index (χ2v) is 7.43. The number of carbonyl (C=O) groups is 1. The summed E-state index contributed by atoms with van der Waals surface area (Å²) >= 11 is 0. The summed E-state index contributed by atoms with van der Waals surface area (Å²) < 4.78 is 2.05. The van der Waals surface area contributed by atoms with Crippen LogP contribution in [0.3, 0.4) is 0 Å². The maximum absolute atomic E-state index is 12.8. The van der Waals surface area contributed by atoms with Crippen LogP contribution in [0.5, 0.6) is 0 Å². The molecule has 1 aliphatic rings. The lowest BCUT2D eigenvalue weighted by molar-refractivity contribution is 0.0703. The van der Waals surface area contributed by atoms with E-state index in [0.717, 1.165) is 48.6 Å². The van der Waals surface area contributed by atoms with E-state index in [-0.39, 0.29) is 18.3 Å². The number of hydrogen-bond acceptors (Lipinski definition) is 3. The van der Waals surface area contributed by atoms with Crippen molar-refractivity contribution in [3.8, 4) is 17.1 Å². The van der Waals surface area contributed by atoms with Crippen molar-refractivity contribution < 1.29 is 4.79 Å². The predicted octanol–water partition coefficient (Wildman–Crippen LogP) is 4.09. The summed E-state index contributed by atoms with van der Waals surface area (Å²) in [5.41, 5.74) is 4.01. The van der Waals surface area contributed by atoms with E-state index in [0.29, 0.717) is 6.04 Å². The lowest BCUT2D eigenvalue weighted by atomic mass is 10.0. The van der Waals surface area contributed by atoms with Crippen molar-refractivity contribution in [1.82, 2.24) is 19.8 Å². The Balaban J connectivity index is 0.00000240. The van der Waals surface area contributed by atoms with Crippen molar-refractivity contribution in [2.75, 3.05) is 20.1 Å². The first-order valence-corrected chi connectivity index (χ1v) is 9.82. The molecule has 5 nitrogen and oxygen atoms in total. The van der Waals surface area contributed by atoms with Gasteiger partial charge in [0.05, 0.1) is 0 Å². The molecule has 0 unspecified atom stereocenters. The molecule has 0 bridgehead atoms. The van der Waals surface area contributed by atoms with Gasteiger partial charge in [0, 0.05) is 42.3 Å². The molecule has 0 spiro atoms. The lowest BCUT2D eigenvalue weighted by Crippen LogP contribution is -2.43. The highest BCUT2D eigenvalue weighted by molar-refractivity contribution is 5.94. The molecule has 1 aromatic heterocycles. The molecule has 3 aromatic rings. The normalized spacial score (nSPS) is 14.3. The molecular formula is C23H27ClN4O. The number of hydrogen-bond donors (Lipinski definition) is 1. The smallest absolute Gasteiger partial charge is 0.253 e. The third-order valence-electron chi connectivity index (χ3n) is 5.52. The number of piperidine rings is 1. The molecule has 1 N–H and O–H groups in total. The maximum Gasteiger partial charge on any atom is 0.253 e. The van der Waals surface area contributed by atoms with Crippen LogP contribution >= 0.6 is 12.4 Å². The molecule has 1 amide bonds. The Labute approximate surface area is 178 Å². The van der Waals surface area contributed by atoms with Gasteiger partial charge in [0.25, 0.3) is 5.91 Å². The summed E-state index contributed by atoms with van der Waals surface area (Å²) in [5, 5.41) is 3.35. The Morgan fingerprint density at radius 2 is 1.72 bits per heavy atom. The number of imidazole rings is 1. The van der Waals surface area contributed by atoms with Gasteiger partial charge in [0.15, 0.2) is 0 Å². The van der Waals surface area contributed by atoms with Gasteiger partial charge in [-0.15, -0.1) is 12.4 Å². The zero-order chi connectivity index (χ0) is 19.5. The van der Waals surface area contributed by atoms with Crippen LogP contribution in [0.4, 0.5) is 0 Å². The fraction of sp³-hybridized carbons (Fsp3) is 0.304. The van der Waals surface area contributed by atoms with Gasteiger partial charge < -0.3 is 10.2 Å². The molecule has 1 saturated heterocycles. The molecule has 1 aliphatic heterocycles. The molecule has 29 heavy (non-hydrogen) atoms. The van der Waals surface area contributed by atoms with Crippen molar-refractivity contribution in [2.45, 2.75) is 25.8 Å². The monoisotopic (exact) mass is 410 g/mol. The molecule has 0 atom stereocenters. The lowest BCUT2D eigenvalue weighted by Gasteiger charge is -2.31. The number of benzene rings is 2. The average Bonchev–Trinajstić information content (AvgIpc) is 3.24. The fourth-order valence-electron chi connectivity index (χ4n) is 3.76. The Kier molecular flexibility index (Phi) is 6.72. The van der Waals surface area contributed by atoms with Gasteiger partial charge in [-0.05, 0) is 57.1 Å². The van der Waals surface area contributed by atoms with E-state index in [4.69, 9.17) is 0 Å². The van der Waals surface area contributed by atoms with E-state index in [1.165, 1.54) is 5.56 Å². The molecule has 2 heterocycles. The van der Waals surface area contributed by atoms with Crippen LogP contribution in [0.25, 0.3) is 17.1 Å². The van der Waals surface area contributed by atoms with Gasteiger partial charge in [-0.25, -0.2) is 4.98 Å². The SMILES string of the molecule is Cc1ccc(-c2nccn2-c2ccc(C(=O)N(C)C3CCNCC3)cc2)cc1.Cl. The first-order valence-electron chi connectivity index (χ1n) is 9.82. The Morgan fingerprint density at radius 3 is 2.38 bits per heavy atom. The van der Waals surface area contributed by atoms with Gasteiger partial charge in [-0.1, -0.05) is 29.8 Å². The van der Waals surface area contributed by atoms with Crippen LogP contribution < -0.4 is 5.32 Å². The number of halogens is 1. The average molecular weight is 411 g/mol. The Morgan fingerprint density at radius 1 is 1.07 bits per heavy atom. The van der Waals surface area contributed by atoms with Gasteiger partial charge in [-0.2, -0.15) is 0 Å². The summed E-state index contributed by atoms with van der Waals surface area (Å²) in [4.78, 5) is 19.3. The number of aryl methyl sites for hydroxylation is 1. The van der Waals surface area contributed by atoms with Crippen LogP contribution in [0.1, 0.15) is 28.8 Å². The summed E-state index contributed by atoms with van der Waals surface area (Å²) in [7, 11) is 1.91. The minimum absolute atomic E-state index is 0. The van der Waals surface area contributed by atoms with Crippen molar-refractivity contribution in [1.29, 1.82) is 0 Å². The van der Waals surface area contributed by atoms with E-state index in [1.54, 1.807) is 6.20 Å². The number of amides is 1. The predicted molar refractivity (Wildman–Crippen MR) is 119 cm³/mol. The second kappa shape index (κ2) is 9.25. The minimum atomic E-state index is 0. The van der Waals surface area contributed by atoms with E-state index >= 15 is 0 Å². The van der Waals surface area contributed by atoms with Crippen molar-refractivity contribution in [2.24, 2.45) is 0 Å². The largest absolute Gasteiger partial charge is 0.339 e. The molecule has 1 fully saturated rings. The summed E-state index contributed by atoms with van der Waals surface area (Å²) in [6, 6.07) is 16.5. The zero-order valence-electron chi connectivity index (χ0n) is 16.8. The van der Waals surface area contributed by atoms with Crippen LogP contribution in [-0.4, -0.2) is 46.5 Å². The molecule has 0 saturated carbocycles. The van der Waals surface area contributed by atoms with Gasteiger partial charge in [-0.3, -0.25) is 9.36 Å². The summed E-state index contributed by atoms with van der Waals surface area (Å²) in [5.74, 6) is 0.980. The van der Waals surface area contributed by atoms with Crippen molar-refractivity contribution >= 4 is 18.3 Å². The highest BCUT2D eigenvalue weighted by Gasteiger charge is 2.22. The first kappa shape index (κ1) is 21.1. The van der Waals surface area contributed by atoms with E-state index in [1.807, 2.05) is 42.4 Å². The number of nitrogens with one attached hydrogen (secondary N) is 1. The summed E-state index contributed by atoms with van der Waals surface area (Å²) in [6.07, 6.45) is 5.77. The molecular weight excluding hydrogens is 384 g/mol. The quantitative estimate of drug-likeness (QED) is 0.704. The summed E-state index contributed by atoms with van der Waals surface area (Å²) in [6.45, 7) is 4.03. The number of nitrogens with zero attached hydrogens (tertiary/aromatic N) is 3. The number of aromatic nitrogens is 2. The zero-order valence-corrected chi connectivity index (χ0v) is 17.7.